The molecule has 2 saturated heterocycles. The van der Waals surface area contributed by atoms with E-state index in [1.807, 2.05) is 24.3 Å². The molecule has 0 aliphatic carbocycles. The fourth-order valence-electron chi connectivity index (χ4n) is 3.07. The summed E-state index contributed by atoms with van der Waals surface area (Å²) in [4.78, 5) is 2.20. The van der Waals surface area contributed by atoms with Crippen molar-refractivity contribution >= 4 is 10.2 Å². The van der Waals surface area contributed by atoms with Crippen molar-refractivity contribution < 1.29 is 13.2 Å². The topological polar surface area (TPSA) is 76.9 Å². The molecule has 3 rings (SSSR count). The van der Waals surface area contributed by atoms with Crippen LogP contribution in [0, 0.1) is 11.3 Å². The van der Waals surface area contributed by atoms with Crippen LogP contribution in [-0.4, -0.2) is 74.4 Å². The van der Waals surface area contributed by atoms with Gasteiger partial charge in [-0.3, -0.25) is 4.90 Å². The second-order valence-electron chi connectivity index (χ2n) is 5.96. The van der Waals surface area contributed by atoms with E-state index in [0.717, 1.165) is 5.56 Å². The number of piperazine rings is 1. The van der Waals surface area contributed by atoms with Crippen LogP contribution in [0.4, 0.5) is 0 Å². The Morgan fingerprint density at radius 1 is 1.00 bits per heavy atom. The number of rotatable bonds is 4. The van der Waals surface area contributed by atoms with Crippen LogP contribution in [-0.2, 0) is 21.5 Å². The van der Waals surface area contributed by atoms with Crippen LogP contribution >= 0.6 is 0 Å². The second-order valence-corrected chi connectivity index (χ2v) is 7.89. The average molecular weight is 350 g/mol. The molecule has 1 aromatic carbocycles. The molecule has 1 aromatic rings. The van der Waals surface area contributed by atoms with E-state index in [-0.39, 0.29) is 0 Å². The summed E-state index contributed by atoms with van der Waals surface area (Å²) < 4.78 is 33.6. The molecule has 2 aliphatic rings. The van der Waals surface area contributed by atoms with Gasteiger partial charge in [-0.05, 0) is 11.6 Å². The van der Waals surface area contributed by atoms with Gasteiger partial charge in [-0.2, -0.15) is 22.3 Å². The quantitative estimate of drug-likeness (QED) is 0.778. The first-order chi connectivity index (χ1) is 11.6. The van der Waals surface area contributed by atoms with Gasteiger partial charge in [0.15, 0.2) is 0 Å². The van der Waals surface area contributed by atoms with E-state index < -0.39 is 10.2 Å². The maximum Gasteiger partial charge on any atom is 0.282 e. The van der Waals surface area contributed by atoms with Gasteiger partial charge in [0.2, 0.25) is 0 Å². The van der Waals surface area contributed by atoms with Crippen molar-refractivity contribution in [3.63, 3.8) is 0 Å². The maximum absolute atomic E-state index is 12.6. The van der Waals surface area contributed by atoms with Crippen LogP contribution in [0.2, 0.25) is 0 Å². The summed E-state index contributed by atoms with van der Waals surface area (Å²) in [5, 5.41) is 9.17. The van der Waals surface area contributed by atoms with E-state index in [1.165, 1.54) is 4.31 Å². The minimum atomic E-state index is -3.39. The number of ether oxygens (including phenoxy) is 1. The van der Waals surface area contributed by atoms with Crippen molar-refractivity contribution in [3.8, 4) is 6.07 Å². The van der Waals surface area contributed by atoms with Gasteiger partial charge < -0.3 is 4.74 Å². The highest BCUT2D eigenvalue weighted by Crippen LogP contribution is 2.16. The summed E-state index contributed by atoms with van der Waals surface area (Å²) in [6, 6.07) is 9.76. The Hall–Kier alpha value is -1.50. The van der Waals surface area contributed by atoms with Gasteiger partial charge in [0, 0.05) is 45.8 Å². The average Bonchev–Trinajstić information content (AvgIpc) is 2.63. The zero-order valence-corrected chi connectivity index (χ0v) is 14.4. The zero-order valence-electron chi connectivity index (χ0n) is 13.6. The SMILES string of the molecule is N#Cc1ccccc1CN1CCN(S(=O)(=O)N2CCOCC2)CC1. The number of morpholine rings is 1. The highest BCUT2D eigenvalue weighted by molar-refractivity contribution is 7.86. The van der Waals surface area contributed by atoms with Gasteiger partial charge in [-0.25, -0.2) is 0 Å². The molecule has 0 unspecified atom stereocenters. The Kier molecular flexibility index (Phi) is 5.48. The van der Waals surface area contributed by atoms with Crippen molar-refractivity contribution in [2.45, 2.75) is 6.54 Å². The molecule has 2 aliphatic heterocycles. The molecule has 8 heteroatoms. The standard InChI is InChI=1S/C16H22N4O3S/c17-13-15-3-1-2-4-16(15)14-18-5-7-19(8-6-18)24(21,22)20-9-11-23-12-10-20/h1-4H,5-12,14H2. The lowest BCUT2D eigenvalue weighted by Crippen LogP contribution is -2.54. The number of hydrogen-bond acceptors (Lipinski definition) is 5. The minimum Gasteiger partial charge on any atom is -0.379 e. The fraction of sp³-hybridized carbons (Fsp3) is 0.562. The van der Waals surface area contributed by atoms with Crippen molar-refractivity contribution in [2.24, 2.45) is 0 Å². The Bertz CT molecular complexity index is 702. The first-order valence-corrected chi connectivity index (χ1v) is 9.54. The van der Waals surface area contributed by atoms with Crippen LogP contribution in [0.5, 0.6) is 0 Å². The summed E-state index contributed by atoms with van der Waals surface area (Å²) in [5.41, 5.74) is 1.67. The van der Waals surface area contributed by atoms with Crippen LogP contribution in [0.3, 0.4) is 0 Å². The van der Waals surface area contributed by atoms with Gasteiger partial charge in [0.05, 0.1) is 24.8 Å². The lowest BCUT2D eigenvalue weighted by molar-refractivity contribution is 0.0684. The van der Waals surface area contributed by atoms with E-state index in [4.69, 9.17) is 10.00 Å². The Morgan fingerprint density at radius 3 is 2.29 bits per heavy atom. The first kappa shape index (κ1) is 17.3. The number of benzene rings is 1. The molecule has 0 radical (unpaired) electrons. The minimum absolute atomic E-state index is 0.429. The van der Waals surface area contributed by atoms with Crippen LogP contribution in [0.25, 0.3) is 0 Å². The lowest BCUT2D eigenvalue weighted by atomic mass is 10.1. The molecular weight excluding hydrogens is 328 g/mol. The smallest absolute Gasteiger partial charge is 0.282 e. The molecule has 0 amide bonds. The summed E-state index contributed by atoms with van der Waals surface area (Å²) in [5.74, 6) is 0. The van der Waals surface area contributed by atoms with E-state index in [9.17, 15) is 8.42 Å². The molecule has 2 fully saturated rings. The third kappa shape index (κ3) is 3.77. The second kappa shape index (κ2) is 7.59. The van der Waals surface area contributed by atoms with Gasteiger partial charge in [-0.1, -0.05) is 18.2 Å². The summed E-state index contributed by atoms with van der Waals surface area (Å²) in [7, 11) is -3.39. The Morgan fingerprint density at radius 2 is 1.62 bits per heavy atom. The van der Waals surface area contributed by atoms with Gasteiger partial charge in [-0.15, -0.1) is 0 Å². The van der Waals surface area contributed by atoms with Crippen LogP contribution < -0.4 is 0 Å². The molecule has 7 nitrogen and oxygen atoms in total. The summed E-state index contributed by atoms with van der Waals surface area (Å²) >= 11 is 0. The molecule has 2 heterocycles. The molecule has 24 heavy (non-hydrogen) atoms. The largest absolute Gasteiger partial charge is 0.379 e. The molecule has 0 atom stereocenters. The van der Waals surface area contributed by atoms with E-state index >= 15 is 0 Å². The number of hydrogen-bond donors (Lipinski definition) is 0. The molecule has 0 saturated carbocycles. The monoisotopic (exact) mass is 350 g/mol. The molecule has 0 aromatic heterocycles. The van der Waals surface area contributed by atoms with Crippen molar-refractivity contribution in [2.75, 3.05) is 52.5 Å². The van der Waals surface area contributed by atoms with E-state index in [1.54, 1.807) is 4.31 Å². The third-order valence-corrected chi connectivity index (χ3v) is 6.52. The molecule has 0 N–H and O–H groups in total. The number of nitrogens with zero attached hydrogens (tertiary/aromatic N) is 4. The summed E-state index contributed by atoms with van der Waals surface area (Å²) in [6.45, 7) is 4.76. The third-order valence-electron chi connectivity index (χ3n) is 4.49. The highest BCUT2D eigenvalue weighted by atomic mass is 32.2. The Labute approximate surface area is 143 Å². The van der Waals surface area contributed by atoms with E-state index in [0.29, 0.717) is 64.6 Å². The van der Waals surface area contributed by atoms with Crippen LogP contribution in [0.1, 0.15) is 11.1 Å². The van der Waals surface area contributed by atoms with Crippen molar-refractivity contribution in [3.05, 3.63) is 35.4 Å². The predicted molar refractivity (Wildman–Crippen MR) is 89.3 cm³/mol. The first-order valence-electron chi connectivity index (χ1n) is 8.14. The van der Waals surface area contributed by atoms with Gasteiger partial charge in [0.1, 0.15) is 0 Å². The van der Waals surface area contributed by atoms with Crippen molar-refractivity contribution in [1.29, 1.82) is 5.26 Å². The highest BCUT2D eigenvalue weighted by Gasteiger charge is 2.33. The van der Waals surface area contributed by atoms with Crippen molar-refractivity contribution in [1.82, 2.24) is 13.5 Å². The molecule has 0 spiro atoms. The molecule has 130 valence electrons. The molecule has 0 bridgehead atoms. The maximum atomic E-state index is 12.6. The van der Waals surface area contributed by atoms with E-state index in [2.05, 4.69) is 11.0 Å². The summed E-state index contributed by atoms with van der Waals surface area (Å²) in [6.07, 6.45) is 0. The normalized spacial score (nSPS) is 21.5. The fourth-order valence-corrected chi connectivity index (χ4v) is 4.63. The van der Waals surface area contributed by atoms with Crippen LogP contribution in [0.15, 0.2) is 24.3 Å². The van der Waals surface area contributed by atoms with Gasteiger partial charge in [0.25, 0.3) is 10.2 Å². The van der Waals surface area contributed by atoms with Gasteiger partial charge >= 0.3 is 0 Å². The number of nitriles is 1. The zero-order chi connectivity index (χ0) is 17.0. The molecular formula is C16H22N4O3S. The lowest BCUT2D eigenvalue weighted by Gasteiger charge is -2.37. The predicted octanol–water partition coefficient (Wildman–Crippen LogP) is 0.253. The Balaban J connectivity index is 1.58.